The van der Waals surface area contributed by atoms with Crippen molar-refractivity contribution in [1.29, 1.82) is 0 Å². The van der Waals surface area contributed by atoms with Gasteiger partial charge < -0.3 is 5.32 Å². The average molecular weight is 289 g/mol. The van der Waals surface area contributed by atoms with Crippen molar-refractivity contribution in [3.8, 4) is 0 Å². The van der Waals surface area contributed by atoms with Gasteiger partial charge in [0.2, 0.25) is 5.95 Å². The fourth-order valence-electron chi connectivity index (χ4n) is 1.19. The predicted octanol–water partition coefficient (Wildman–Crippen LogP) is 1.58. The number of thioether (sulfide) groups is 1. The van der Waals surface area contributed by atoms with Crippen molar-refractivity contribution >= 4 is 27.5 Å². The summed E-state index contributed by atoms with van der Waals surface area (Å²) in [6.07, 6.45) is 4.00. The van der Waals surface area contributed by atoms with Crippen LogP contribution >= 0.6 is 11.8 Å². The summed E-state index contributed by atoms with van der Waals surface area (Å²) in [5.74, 6) is 2.15. The molecule has 0 spiro atoms. The van der Waals surface area contributed by atoms with E-state index in [1.54, 1.807) is 18.0 Å². The van der Waals surface area contributed by atoms with Gasteiger partial charge in [-0.1, -0.05) is 6.92 Å². The lowest BCUT2D eigenvalue weighted by atomic mass is 10.4. The van der Waals surface area contributed by atoms with Crippen LogP contribution in [0.4, 0.5) is 5.95 Å². The van der Waals surface area contributed by atoms with Crippen LogP contribution in [0.5, 0.6) is 0 Å². The Morgan fingerprint density at radius 3 is 2.89 bits per heavy atom. The summed E-state index contributed by atoms with van der Waals surface area (Å²) in [4.78, 5) is 8.47. The van der Waals surface area contributed by atoms with Crippen LogP contribution in [0.2, 0.25) is 0 Å². The molecular formula is C11H19N3O2S2. The van der Waals surface area contributed by atoms with Crippen molar-refractivity contribution in [1.82, 2.24) is 9.97 Å². The molecule has 0 fully saturated rings. The summed E-state index contributed by atoms with van der Waals surface area (Å²) >= 11 is 1.57. The van der Waals surface area contributed by atoms with Gasteiger partial charge in [0.1, 0.15) is 9.84 Å². The lowest BCUT2D eigenvalue weighted by Crippen LogP contribution is -2.06. The molecular weight excluding hydrogens is 270 g/mol. The van der Waals surface area contributed by atoms with E-state index in [1.165, 1.54) is 6.26 Å². The lowest BCUT2D eigenvalue weighted by Gasteiger charge is -2.05. The minimum Gasteiger partial charge on any atom is -0.354 e. The van der Waals surface area contributed by atoms with E-state index in [9.17, 15) is 8.42 Å². The predicted molar refractivity (Wildman–Crippen MR) is 76.7 cm³/mol. The number of hydrogen-bond donors (Lipinski definition) is 1. The van der Waals surface area contributed by atoms with Gasteiger partial charge in [-0.15, -0.1) is 0 Å². The second-order valence-corrected chi connectivity index (χ2v) is 7.35. The van der Waals surface area contributed by atoms with Crippen LogP contribution in [0.3, 0.4) is 0 Å². The van der Waals surface area contributed by atoms with Crippen molar-refractivity contribution in [3.63, 3.8) is 0 Å². The van der Waals surface area contributed by atoms with Crippen LogP contribution in [0.15, 0.2) is 12.3 Å². The van der Waals surface area contributed by atoms with Crippen LogP contribution in [0.1, 0.15) is 19.0 Å². The number of anilines is 1. The maximum Gasteiger partial charge on any atom is 0.222 e. The Balaban J connectivity index is 2.38. The number of hydrogen-bond acceptors (Lipinski definition) is 6. The van der Waals surface area contributed by atoms with Crippen LogP contribution in [0, 0.1) is 0 Å². The topological polar surface area (TPSA) is 72.0 Å². The maximum atomic E-state index is 11.0. The molecule has 102 valence electrons. The fraction of sp³-hybridized carbons (Fsp3) is 0.636. The summed E-state index contributed by atoms with van der Waals surface area (Å²) in [5.41, 5.74) is 0.919. The van der Waals surface area contributed by atoms with E-state index in [4.69, 9.17) is 0 Å². The van der Waals surface area contributed by atoms with Gasteiger partial charge in [-0.25, -0.2) is 18.4 Å². The number of aromatic nitrogens is 2. The quantitative estimate of drug-likeness (QED) is 0.733. The van der Waals surface area contributed by atoms with Gasteiger partial charge in [0.25, 0.3) is 0 Å². The molecule has 0 radical (unpaired) electrons. The molecule has 1 rings (SSSR count). The second-order valence-electron chi connectivity index (χ2n) is 3.98. The van der Waals surface area contributed by atoms with Gasteiger partial charge >= 0.3 is 0 Å². The summed E-state index contributed by atoms with van der Waals surface area (Å²) in [6.45, 7) is 2.93. The molecule has 1 N–H and O–H groups in total. The zero-order valence-electron chi connectivity index (χ0n) is 10.7. The van der Waals surface area contributed by atoms with Crippen molar-refractivity contribution in [3.05, 3.63) is 18.0 Å². The van der Waals surface area contributed by atoms with Gasteiger partial charge in [0.15, 0.2) is 0 Å². The summed E-state index contributed by atoms with van der Waals surface area (Å²) < 4.78 is 21.9. The van der Waals surface area contributed by atoms with Crippen LogP contribution < -0.4 is 5.32 Å². The molecule has 0 aliphatic carbocycles. The summed E-state index contributed by atoms with van der Waals surface area (Å²) in [6, 6.07) is 1.85. The molecule has 1 aromatic rings. The molecule has 1 aromatic heterocycles. The van der Waals surface area contributed by atoms with Crippen LogP contribution in [-0.2, 0) is 15.6 Å². The first-order chi connectivity index (χ1) is 8.51. The monoisotopic (exact) mass is 289 g/mol. The highest BCUT2D eigenvalue weighted by molar-refractivity contribution is 7.99. The van der Waals surface area contributed by atoms with E-state index in [2.05, 4.69) is 22.2 Å². The molecule has 0 aliphatic rings. The van der Waals surface area contributed by atoms with E-state index in [-0.39, 0.29) is 5.75 Å². The first-order valence-corrected chi connectivity index (χ1v) is 9.04. The van der Waals surface area contributed by atoms with Gasteiger partial charge in [0.05, 0.1) is 11.4 Å². The Labute approximate surface area is 113 Å². The van der Waals surface area contributed by atoms with Crippen molar-refractivity contribution in [2.24, 2.45) is 0 Å². The Bertz CT molecular complexity index is 463. The van der Waals surface area contributed by atoms with Gasteiger partial charge in [-0.05, 0) is 12.5 Å². The highest BCUT2D eigenvalue weighted by Crippen LogP contribution is 2.11. The van der Waals surface area contributed by atoms with E-state index >= 15 is 0 Å². The number of rotatable bonds is 8. The molecule has 0 amide bonds. The molecule has 1 heterocycles. The third kappa shape index (κ3) is 6.80. The molecule has 0 aliphatic heterocycles. The van der Waals surface area contributed by atoms with Crippen molar-refractivity contribution in [2.45, 2.75) is 19.1 Å². The number of sulfone groups is 1. The zero-order valence-corrected chi connectivity index (χ0v) is 12.4. The molecule has 0 aromatic carbocycles. The zero-order chi connectivity index (χ0) is 13.4. The molecule has 5 nitrogen and oxygen atoms in total. The molecule has 0 atom stereocenters. The van der Waals surface area contributed by atoms with E-state index in [0.29, 0.717) is 17.5 Å². The largest absolute Gasteiger partial charge is 0.354 e. The Morgan fingerprint density at radius 2 is 2.22 bits per heavy atom. The minimum absolute atomic E-state index is 0.212. The lowest BCUT2D eigenvalue weighted by molar-refractivity contribution is 0.603. The molecule has 0 bridgehead atoms. The summed E-state index contributed by atoms with van der Waals surface area (Å²) in [7, 11) is -2.86. The maximum absolute atomic E-state index is 11.0. The summed E-state index contributed by atoms with van der Waals surface area (Å²) in [5, 5.41) is 3.12. The van der Waals surface area contributed by atoms with Crippen molar-refractivity contribution in [2.75, 3.05) is 29.6 Å². The molecule has 0 unspecified atom stereocenters. The van der Waals surface area contributed by atoms with Crippen molar-refractivity contribution < 1.29 is 8.42 Å². The Morgan fingerprint density at radius 1 is 1.44 bits per heavy atom. The third-order valence-electron chi connectivity index (χ3n) is 2.09. The normalized spacial score (nSPS) is 11.4. The first kappa shape index (κ1) is 15.2. The second kappa shape index (κ2) is 7.58. The van der Waals surface area contributed by atoms with Gasteiger partial charge in [0, 0.05) is 30.5 Å². The molecule has 0 saturated carbocycles. The SMILES string of the molecule is CCCNc1nccc(CSCCS(C)(=O)=O)n1. The van der Waals surface area contributed by atoms with Crippen LogP contribution in [0.25, 0.3) is 0 Å². The van der Waals surface area contributed by atoms with Gasteiger partial charge in [-0.3, -0.25) is 0 Å². The minimum atomic E-state index is -2.86. The first-order valence-electron chi connectivity index (χ1n) is 5.82. The van der Waals surface area contributed by atoms with E-state index < -0.39 is 9.84 Å². The van der Waals surface area contributed by atoms with Crippen LogP contribution in [-0.4, -0.2) is 42.7 Å². The molecule has 0 saturated heterocycles. The van der Waals surface area contributed by atoms with E-state index in [0.717, 1.165) is 18.7 Å². The standard InChI is InChI=1S/C11H19N3O2S2/c1-3-5-12-11-13-6-4-10(14-11)9-17-7-8-18(2,15)16/h4,6H,3,5,7-9H2,1-2H3,(H,12,13,14). The molecule has 7 heteroatoms. The smallest absolute Gasteiger partial charge is 0.222 e. The average Bonchev–Trinajstić information content (AvgIpc) is 2.31. The number of nitrogens with zero attached hydrogens (tertiary/aromatic N) is 2. The molecule has 18 heavy (non-hydrogen) atoms. The van der Waals surface area contributed by atoms with Gasteiger partial charge in [-0.2, -0.15) is 11.8 Å². The fourth-order valence-corrected chi connectivity index (χ4v) is 3.38. The number of nitrogens with one attached hydrogen (secondary N) is 1. The Kier molecular flexibility index (Phi) is 6.42. The highest BCUT2D eigenvalue weighted by atomic mass is 32.2. The highest BCUT2D eigenvalue weighted by Gasteiger charge is 2.03. The Hall–Kier alpha value is -0.820. The van der Waals surface area contributed by atoms with E-state index in [1.807, 2.05) is 6.07 Å². The third-order valence-corrected chi connectivity index (χ3v) is 4.29.